The maximum Gasteiger partial charge on any atom is 0.251 e. The van der Waals surface area contributed by atoms with Crippen LogP contribution >= 0.6 is 0 Å². The van der Waals surface area contributed by atoms with E-state index in [1.165, 1.54) is 5.56 Å². The van der Waals surface area contributed by atoms with Crippen LogP contribution < -0.4 is 5.32 Å². The number of amides is 1. The second-order valence-electron chi connectivity index (χ2n) is 4.88. The summed E-state index contributed by atoms with van der Waals surface area (Å²) in [7, 11) is 0. The Morgan fingerprint density at radius 1 is 1.25 bits per heavy atom. The second-order valence-corrected chi connectivity index (χ2v) is 4.88. The van der Waals surface area contributed by atoms with Crippen molar-refractivity contribution in [2.24, 2.45) is 0 Å². The fraction of sp³-hybridized carbons (Fsp3) is 0.375. The van der Waals surface area contributed by atoms with Crippen molar-refractivity contribution in [2.75, 3.05) is 0 Å². The predicted octanol–water partition coefficient (Wildman–Crippen LogP) is 3.17. The quantitative estimate of drug-likeness (QED) is 0.909. The van der Waals surface area contributed by atoms with Crippen molar-refractivity contribution >= 4 is 5.91 Å². The number of nitrogens with one attached hydrogen (secondary N) is 1. The molecule has 1 heterocycles. The van der Waals surface area contributed by atoms with Crippen LogP contribution in [0.5, 0.6) is 0 Å². The molecule has 0 saturated carbocycles. The normalized spacial score (nSPS) is 10.6. The highest BCUT2D eigenvalue weighted by Gasteiger charge is 2.09. The molecular formula is C16H20N2O2. The maximum absolute atomic E-state index is 12.0. The molecule has 0 aliphatic heterocycles. The SMILES string of the molecule is CCCc1ccc(C(=O)NCc2nc(C)c(C)o2)cc1. The first-order valence-corrected chi connectivity index (χ1v) is 6.90. The summed E-state index contributed by atoms with van der Waals surface area (Å²) in [6.07, 6.45) is 2.14. The van der Waals surface area contributed by atoms with Gasteiger partial charge in [-0.2, -0.15) is 0 Å². The molecule has 0 aliphatic carbocycles. The van der Waals surface area contributed by atoms with Gasteiger partial charge < -0.3 is 9.73 Å². The van der Waals surface area contributed by atoms with Gasteiger partial charge in [0.2, 0.25) is 5.89 Å². The summed E-state index contributed by atoms with van der Waals surface area (Å²) in [4.78, 5) is 16.2. The Labute approximate surface area is 119 Å². The number of nitrogens with zero attached hydrogens (tertiary/aromatic N) is 1. The van der Waals surface area contributed by atoms with Gasteiger partial charge in [-0.25, -0.2) is 4.98 Å². The minimum Gasteiger partial charge on any atom is -0.444 e. The zero-order valence-electron chi connectivity index (χ0n) is 12.2. The van der Waals surface area contributed by atoms with Crippen molar-refractivity contribution in [1.29, 1.82) is 0 Å². The number of aryl methyl sites for hydroxylation is 3. The monoisotopic (exact) mass is 272 g/mol. The molecule has 1 N–H and O–H groups in total. The van der Waals surface area contributed by atoms with Crippen molar-refractivity contribution in [1.82, 2.24) is 10.3 Å². The Kier molecular flexibility index (Phi) is 4.56. The molecule has 4 nitrogen and oxygen atoms in total. The molecule has 20 heavy (non-hydrogen) atoms. The number of oxazole rings is 1. The number of rotatable bonds is 5. The molecular weight excluding hydrogens is 252 g/mol. The van der Waals surface area contributed by atoms with E-state index in [4.69, 9.17) is 4.42 Å². The molecule has 0 atom stereocenters. The van der Waals surface area contributed by atoms with Gasteiger partial charge in [-0.1, -0.05) is 25.5 Å². The van der Waals surface area contributed by atoms with E-state index in [1.54, 1.807) is 0 Å². The van der Waals surface area contributed by atoms with Crippen LogP contribution in [0, 0.1) is 13.8 Å². The number of hydrogen-bond acceptors (Lipinski definition) is 3. The van der Waals surface area contributed by atoms with E-state index in [0.29, 0.717) is 18.0 Å². The molecule has 0 aliphatic rings. The molecule has 0 radical (unpaired) electrons. The van der Waals surface area contributed by atoms with Crippen LogP contribution in [0.15, 0.2) is 28.7 Å². The smallest absolute Gasteiger partial charge is 0.251 e. The summed E-state index contributed by atoms with van der Waals surface area (Å²) >= 11 is 0. The van der Waals surface area contributed by atoms with Crippen LogP contribution in [-0.2, 0) is 13.0 Å². The van der Waals surface area contributed by atoms with Gasteiger partial charge in [0.1, 0.15) is 5.76 Å². The summed E-state index contributed by atoms with van der Waals surface area (Å²) in [6, 6.07) is 7.70. The first-order valence-electron chi connectivity index (χ1n) is 6.90. The minimum atomic E-state index is -0.110. The van der Waals surface area contributed by atoms with Crippen LogP contribution in [0.25, 0.3) is 0 Å². The van der Waals surface area contributed by atoms with Gasteiger partial charge in [-0.05, 0) is 38.0 Å². The Morgan fingerprint density at radius 3 is 2.50 bits per heavy atom. The van der Waals surface area contributed by atoms with E-state index in [0.717, 1.165) is 24.3 Å². The van der Waals surface area contributed by atoms with E-state index in [2.05, 4.69) is 17.2 Å². The molecule has 4 heteroatoms. The summed E-state index contributed by atoms with van der Waals surface area (Å²) in [6.45, 7) is 6.20. The fourth-order valence-corrected chi connectivity index (χ4v) is 1.98. The lowest BCUT2D eigenvalue weighted by Gasteiger charge is -2.04. The summed E-state index contributed by atoms with van der Waals surface area (Å²) in [5, 5.41) is 2.81. The first-order chi connectivity index (χ1) is 9.60. The molecule has 0 fully saturated rings. The number of carbonyl (C=O) groups is 1. The van der Waals surface area contributed by atoms with Crippen molar-refractivity contribution in [3.63, 3.8) is 0 Å². The molecule has 1 aromatic heterocycles. The topological polar surface area (TPSA) is 55.1 Å². The third-order valence-corrected chi connectivity index (χ3v) is 3.23. The van der Waals surface area contributed by atoms with E-state index in [-0.39, 0.29) is 5.91 Å². The van der Waals surface area contributed by atoms with Crippen LogP contribution in [0.1, 0.15) is 46.6 Å². The molecule has 0 spiro atoms. The molecule has 0 bridgehead atoms. The van der Waals surface area contributed by atoms with Crippen LogP contribution in [-0.4, -0.2) is 10.9 Å². The van der Waals surface area contributed by atoms with Crippen molar-refractivity contribution in [2.45, 2.75) is 40.2 Å². The van der Waals surface area contributed by atoms with Crippen LogP contribution in [0.2, 0.25) is 0 Å². The Hall–Kier alpha value is -2.10. The van der Waals surface area contributed by atoms with Crippen molar-refractivity contribution in [3.05, 3.63) is 52.7 Å². The lowest BCUT2D eigenvalue weighted by molar-refractivity contribution is 0.0947. The van der Waals surface area contributed by atoms with E-state index in [9.17, 15) is 4.79 Å². The highest BCUT2D eigenvalue weighted by molar-refractivity contribution is 5.94. The largest absolute Gasteiger partial charge is 0.444 e. The molecule has 0 unspecified atom stereocenters. The highest BCUT2D eigenvalue weighted by Crippen LogP contribution is 2.09. The number of hydrogen-bond donors (Lipinski definition) is 1. The van der Waals surface area contributed by atoms with Gasteiger partial charge in [0.05, 0.1) is 12.2 Å². The third-order valence-electron chi connectivity index (χ3n) is 3.23. The van der Waals surface area contributed by atoms with Crippen molar-refractivity contribution in [3.8, 4) is 0 Å². The van der Waals surface area contributed by atoms with Gasteiger partial charge in [0, 0.05) is 5.56 Å². The molecule has 1 aromatic carbocycles. The Balaban J connectivity index is 1.94. The van der Waals surface area contributed by atoms with Gasteiger partial charge in [0.15, 0.2) is 0 Å². The van der Waals surface area contributed by atoms with Crippen LogP contribution in [0.4, 0.5) is 0 Å². The minimum absolute atomic E-state index is 0.110. The van der Waals surface area contributed by atoms with Gasteiger partial charge in [0.25, 0.3) is 5.91 Å². The van der Waals surface area contributed by atoms with Gasteiger partial charge in [-0.15, -0.1) is 0 Å². The third kappa shape index (κ3) is 3.47. The van der Waals surface area contributed by atoms with Crippen molar-refractivity contribution < 1.29 is 9.21 Å². The maximum atomic E-state index is 12.0. The number of benzene rings is 1. The molecule has 2 aromatic rings. The summed E-state index contributed by atoms with van der Waals surface area (Å²) in [5.41, 5.74) is 2.77. The average Bonchev–Trinajstić information content (AvgIpc) is 2.76. The summed E-state index contributed by atoms with van der Waals surface area (Å²) in [5.74, 6) is 1.22. The second kappa shape index (κ2) is 6.37. The molecule has 106 valence electrons. The molecule has 2 rings (SSSR count). The van der Waals surface area contributed by atoms with Gasteiger partial charge in [-0.3, -0.25) is 4.79 Å². The predicted molar refractivity (Wildman–Crippen MR) is 77.6 cm³/mol. The first kappa shape index (κ1) is 14.3. The van der Waals surface area contributed by atoms with Gasteiger partial charge >= 0.3 is 0 Å². The Bertz CT molecular complexity index is 566. The fourth-order valence-electron chi connectivity index (χ4n) is 1.98. The Morgan fingerprint density at radius 2 is 1.95 bits per heavy atom. The number of aromatic nitrogens is 1. The average molecular weight is 272 g/mol. The van der Waals surface area contributed by atoms with E-state index >= 15 is 0 Å². The summed E-state index contributed by atoms with van der Waals surface area (Å²) < 4.78 is 5.43. The number of carbonyl (C=O) groups excluding carboxylic acids is 1. The standard InChI is InChI=1S/C16H20N2O2/c1-4-5-13-6-8-14(9-7-13)16(19)17-10-15-18-11(2)12(3)20-15/h6-9H,4-5,10H2,1-3H3,(H,17,19). The highest BCUT2D eigenvalue weighted by atomic mass is 16.4. The zero-order chi connectivity index (χ0) is 14.5. The van der Waals surface area contributed by atoms with Crippen LogP contribution in [0.3, 0.4) is 0 Å². The lowest BCUT2D eigenvalue weighted by atomic mass is 10.1. The molecule has 0 saturated heterocycles. The van der Waals surface area contributed by atoms with E-state index in [1.807, 2.05) is 38.1 Å². The molecule has 1 amide bonds. The zero-order valence-corrected chi connectivity index (χ0v) is 12.2. The van der Waals surface area contributed by atoms with E-state index < -0.39 is 0 Å². The lowest BCUT2D eigenvalue weighted by Crippen LogP contribution is -2.22.